The molecular formula is C29H47N3O5S. The Morgan fingerprint density at radius 2 is 1.74 bits per heavy atom. The number of aliphatic hydroxyl groups excluding tert-OH is 1. The summed E-state index contributed by atoms with van der Waals surface area (Å²) < 4.78 is 23.5. The van der Waals surface area contributed by atoms with E-state index in [-0.39, 0.29) is 29.8 Å². The lowest BCUT2D eigenvalue weighted by Crippen LogP contribution is -2.60. The van der Waals surface area contributed by atoms with Gasteiger partial charge in [-0.05, 0) is 57.4 Å². The first kappa shape index (κ1) is 30.6. The molecule has 1 aromatic carbocycles. The van der Waals surface area contributed by atoms with E-state index in [2.05, 4.69) is 15.5 Å². The number of piperidine rings is 1. The molecule has 8 nitrogen and oxygen atoms in total. The largest absolute Gasteiger partial charge is 0.390 e. The summed E-state index contributed by atoms with van der Waals surface area (Å²) in [5.74, 6) is -0.380. The van der Waals surface area contributed by atoms with Gasteiger partial charge in [0.2, 0.25) is 11.8 Å². The number of carbonyl (C=O) groups is 2. The Labute approximate surface area is 228 Å². The number of β-amino-alcohol motifs (C(OH)–C–C–N with tert-alkyl or cyclic N) is 1. The zero-order valence-electron chi connectivity index (χ0n) is 23.7. The van der Waals surface area contributed by atoms with Crippen molar-refractivity contribution in [2.75, 3.05) is 25.1 Å². The van der Waals surface area contributed by atoms with Gasteiger partial charge in [0.05, 0.1) is 23.9 Å². The second-order valence-electron chi connectivity index (χ2n) is 12.6. The monoisotopic (exact) mass is 549 g/mol. The van der Waals surface area contributed by atoms with E-state index in [1.165, 1.54) is 12.8 Å². The highest BCUT2D eigenvalue weighted by molar-refractivity contribution is 7.90. The summed E-state index contributed by atoms with van der Waals surface area (Å²) in [5.41, 5.74) is 0.602. The molecule has 1 heterocycles. The lowest BCUT2D eigenvalue weighted by Gasteiger charge is -2.47. The maximum Gasteiger partial charge on any atom is 0.237 e. The molecule has 1 saturated carbocycles. The van der Waals surface area contributed by atoms with Gasteiger partial charge in [0, 0.05) is 30.8 Å². The quantitative estimate of drug-likeness (QED) is 0.413. The summed E-state index contributed by atoms with van der Waals surface area (Å²) in [5, 5.41) is 17.6. The molecule has 1 aliphatic carbocycles. The molecule has 3 rings (SSSR count). The van der Waals surface area contributed by atoms with Gasteiger partial charge in [-0.25, -0.2) is 8.42 Å². The number of aliphatic hydroxyl groups is 1. The van der Waals surface area contributed by atoms with Gasteiger partial charge in [-0.3, -0.25) is 14.5 Å². The number of likely N-dealkylation sites (tertiary alicyclic amines) is 1. The molecule has 0 spiro atoms. The highest BCUT2D eigenvalue weighted by Gasteiger charge is 2.41. The second-order valence-corrected chi connectivity index (χ2v) is 14.8. The van der Waals surface area contributed by atoms with E-state index in [9.17, 15) is 23.1 Å². The number of nitrogens with one attached hydrogen (secondary N) is 2. The Bertz CT molecular complexity index is 1040. The average Bonchev–Trinajstić information content (AvgIpc) is 2.81. The van der Waals surface area contributed by atoms with Gasteiger partial charge in [0.1, 0.15) is 9.84 Å². The molecule has 2 aliphatic rings. The van der Waals surface area contributed by atoms with Crippen LogP contribution in [0.4, 0.5) is 0 Å². The maximum atomic E-state index is 13.4. The number of fused-ring (bicyclic) bond motifs is 1. The number of amides is 2. The lowest BCUT2D eigenvalue weighted by molar-refractivity contribution is -0.133. The molecule has 1 unspecified atom stereocenters. The van der Waals surface area contributed by atoms with Crippen molar-refractivity contribution in [3.05, 3.63) is 35.9 Å². The topological polar surface area (TPSA) is 116 Å². The highest BCUT2D eigenvalue weighted by atomic mass is 32.2. The predicted octanol–water partition coefficient (Wildman–Crippen LogP) is 2.55. The number of sulfone groups is 1. The van der Waals surface area contributed by atoms with E-state index < -0.39 is 33.8 Å². The highest BCUT2D eigenvalue weighted by Crippen LogP contribution is 2.39. The summed E-state index contributed by atoms with van der Waals surface area (Å²) in [6.45, 7) is 8.51. The van der Waals surface area contributed by atoms with Crippen molar-refractivity contribution in [3.8, 4) is 0 Å². The molecule has 9 heteroatoms. The molecule has 214 valence electrons. The van der Waals surface area contributed by atoms with Crippen LogP contribution in [0.15, 0.2) is 30.3 Å². The minimum Gasteiger partial charge on any atom is -0.390 e. The fraction of sp³-hybridized carbons (Fsp3) is 0.724. The summed E-state index contributed by atoms with van der Waals surface area (Å²) in [4.78, 5) is 28.5. The zero-order valence-corrected chi connectivity index (χ0v) is 24.5. The van der Waals surface area contributed by atoms with Gasteiger partial charge < -0.3 is 15.7 Å². The Hall–Kier alpha value is -1.97. The van der Waals surface area contributed by atoms with Gasteiger partial charge in [0.15, 0.2) is 0 Å². The molecule has 2 amide bonds. The smallest absolute Gasteiger partial charge is 0.237 e. The molecule has 38 heavy (non-hydrogen) atoms. The predicted molar refractivity (Wildman–Crippen MR) is 150 cm³/mol. The van der Waals surface area contributed by atoms with Crippen LogP contribution in [-0.2, 0) is 25.8 Å². The first-order valence-electron chi connectivity index (χ1n) is 14.0. The van der Waals surface area contributed by atoms with Crippen LogP contribution >= 0.6 is 0 Å². The molecule has 3 N–H and O–H groups in total. The molecule has 0 aromatic heterocycles. The van der Waals surface area contributed by atoms with Crippen molar-refractivity contribution < 1.29 is 23.1 Å². The summed E-state index contributed by atoms with van der Waals surface area (Å²) >= 11 is 0. The minimum atomic E-state index is -3.33. The Balaban J connectivity index is 1.80. The van der Waals surface area contributed by atoms with Gasteiger partial charge in [-0.2, -0.15) is 0 Å². The molecule has 1 aromatic rings. The number of carbonyl (C=O) groups excluding carboxylic acids is 2. The fourth-order valence-electron chi connectivity index (χ4n) is 6.00. The molecule has 0 bridgehead atoms. The maximum absolute atomic E-state index is 13.4. The SMILES string of the molecule is CC(CS(C)(=O)=O)C(=O)N[C@@H](Cc1ccccc1)[C@H](O)CN1C[C@H]2CCCC[C@H]2C[C@H]1C(=O)NC(C)(C)C. The fourth-order valence-corrected chi connectivity index (χ4v) is 7.06. The van der Waals surface area contributed by atoms with Crippen LogP contribution in [0.1, 0.15) is 65.4 Å². The third-order valence-electron chi connectivity index (χ3n) is 7.82. The Morgan fingerprint density at radius 3 is 2.34 bits per heavy atom. The van der Waals surface area contributed by atoms with Crippen molar-refractivity contribution in [2.24, 2.45) is 17.8 Å². The third-order valence-corrected chi connectivity index (χ3v) is 8.92. The van der Waals surface area contributed by atoms with Crippen molar-refractivity contribution in [1.82, 2.24) is 15.5 Å². The number of rotatable bonds is 10. The number of hydrogen-bond donors (Lipinski definition) is 3. The van der Waals surface area contributed by atoms with E-state index in [0.717, 1.165) is 37.6 Å². The van der Waals surface area contributed by atoms with Gasteiger partial charge in [0.25, 0.3) is 0 Å². The summed E-state index contributed by atoms with van der Waals surface area (Å²) in [7, 11) is -3.33. The van der Waals surface area contributed by atoms with Crippen molar-refractivity contribution in [3.63, 3.8) is 0 Å². The zero-order chi connectivity index (χ0) is 28.1. The molecule has 1 saturated heterocycles. The molecule has 6 atom stereocenters. The molecule has 2 fully saturated rings. The van der Waals surface area contributed by atoms with Crippen LogP contribution < -0.4 is 10.6 Å². The summed E-state index contributed by atoms with van der Waals surface area (Å²) in [6.07, 6.45) is 6.04. The van der Waals surface area contributed by atoms with Gasteiger partial charge in [-0.15, -0.1) is 0 Å². The van der Waals surface area contributed by atoms with Crippen LogP contribution in [-0.4, -0.2) is 79.1 Å². The number of nitrogens with zero attached hydrogens (tertiary/aromatic N) is 1. The molecule has 1 aliphatic heterocycles. The first-order valence-corrected chi connectivity index (χ1v) is 16.0. The van der Waals surface area contributed by atoms with E-state index in [0.29, 0.717) is 18.3 Å². The van der Waals surface area contributed by atoms with E-state index in [1.54, 1.807) is 6.92 Å². The second kappa shape index (κ2) is 12.9. The Kier molecular flexibility index (Phi) is 10.4. The third kappa shape index (κ3) is 9.35. The standard InChI is InChI=1S/C29H47N3O5S/c1-20(19-38(5,36)37)27(34)30-24(15-21-11-7-6-8-12-21)26(33)18-32-17-23-14-10-9-13-22(23)16-25(32)28(35)31-29(2,3)4/h6-8,11-12,20,22-26,33H,9-10,13-19H2,1-5H3,(H,30,34)(H,31,35)/t20?,22-,23+,24-,25-,26+/m0/s1. The first-order chi connectivity index (χ1) is 17.7. The van der Waals surface area contributed by atoms with Crippen molar-refractivity contribution >= 4 is 21.7 Å². The van der Waals surface area contributed by atoms with Crippen molar-refractivity contribution in [2.45, 2.75) is 89.9 Å². The number of hydrogen-bond acceptors (Lipinski definition) is 6. The lowest BCUT2D eigenvalue weighted by atomic mass is 9.72. The minimum absolute atomic E-state index is 0.0147. The van der Waals surface area contributed by atoms with Crippen LogP contribution in [0.2, 0.25) is 0 Å². The van der Waals surface area contributed by atoms with E-state index in [4.69, 9.17) is 0 Å². The Morgan fingerprint density at radius 1 is 1.11 bits per heavy atom. The normalized spacial score (nSPS) is 25.1. The summed E-state index contributed by atoms with van der Waals surface area (Å²) in [6, 6.07) is 8.66. The van der Waals surface area contributed by atoms with Gasteiger partial charge in [-0.1, -0.05) is 56.5 Å². The van der Waals surface area contributed by atoms with E-state index in [1.807, 2.05) is 51.1 Å². The van der Waals surface area contributed by atoms with Crippen LogP contribution in [0.3, 0.4) is 0 Å². The molecular weight excluding hydrogens is 502 g/mol. The van der Waals surface area contributed by atoms with E-state index >= 15 is 0 Å². The van der Waals surface area contributed by atoms with Crippen molar-refractivity contribution in [1.29, 1.82) is 0 Å². The van der Waals surface area contributed by atoms with Gasteiger partial charge >= 0.3 is 0 Å². The van der Waals surface area contributed by atoms with Crippen LogP contribution in [0.5, 0.6) is 0 Å². The number of benzene rings is 1. The van der Waals surface area contributed by atoms with Crippen LogP contribution in [0.25, 0.3) is 0 Å². The average molecular weight is 550 g/mol. The van der Waals surface area contributed by atoms with Crippen LogP contribution in [0, 0.1) is 17.8 Å². The molecule has 0 radical (unpaired) electrons.